The lowest BCUT2D eigenvalue weighted by Gasteiger charge is -2.27. The van der Waals surface area contributed by atoms with E-state index in [0.717, 1.165) is 12.8 Å². The molecule has 0 bridgehead atoms. The Hall–Kier alpha value is -1.77. The Labute approximate surface area is 113 Å². The van der Waals surface area contributed by atoms with Crippen molar-refractivity contribution < 1.29 is 9.53 Å². The number of rotatable bonds is 2. The number of aromatic nitrogens is 1. The molecule has 1 aromatic heterocycles. The summed E-state index contributed by atoms with van der Waals surface area (Å²) >= 11 is 0. The fraction of sp³-hybridized carbons (Fsp3) is 0.438. The summed E-state index contributed by atoms with van der Waals surface area (Å²) < 4.78 is 5.21. The van der Waals surface area contributed by atoms with Crippen molar-refractivity contribution in [2.75, 3.05) is 6.61 Å². The molecule has 0 unspecified atom stereocenters. The number of ether oxygens (including phenoxy) is 1. The van der Waals surface area contributed by atoms with Crippen LogP contribution in [0.5, 0.6) is 0 Å². The van der Waals surface area contributed by atoms with Crippen LogP contribution in [0.25, 0.3) is 10.9 Å². The Morgan fingerprint density at radius 2 is 2.21 bits per heavy atom. The smallest absolute Gasteiger partial charge is 0.309 e. The number of hydrogen-bond donors (Lipinski definition) is 1. The summed E-state index contributed by atoms with van der Waals surface area (Å²) in [6, 6.07) is 8.32. The normalized spacial score (nSPS) is 22.2. The molecule has 0 aliphatic heterocycles. The number of esters is 1. The number of hydrogen-bond acceptors (Lipinski definition) is 2. The molecule has 0 saturated carbocycles. The Morgan fingerprint density at radius 3 is 3.00 bits per heavy atom. The number of para-hydroxylation sites is 1. The first-order valence-corrected chi connectivity index (χ1v) is 6.98. The zero-order chi connectivity index (χ0) is 13.4. The van der Waals surface area contributed by atoms with Gasteiger partial charge in [0.1, 0.15) is 0 Å². The second-order valence-corrected chi connectivity index (χ2v) is 5.25. The van der Waals surface area contributed by atoms with Crippen LogP contribution >= 0.6 is 0 Å². The molecule has 3 heteroatoms. The predicted octanol–water partition coefficient (Wildman–Crippen LogP) is 3.40. The van der Waals surface area contributed by atoms with Crippen molar-refractivity contribution in [3.8, 4) is 0 Å². The van der Waals surface area contributed by atoms with Gasteiger partial charge in [0.25, 0.3) is 0 Å². The molecule has 3 rings (SSSR count). The number of nitrogens with one attached hydrogen (secondary N) is 1. The maximum absolute atomic E-state index is 12.0. The molecule has 0 fully saturated rings. The quantitative estimate of drug-likeness (QED) is 0.838. The van der Waals surface area contributed by atoms with E-state index in [1.165, 1.54) is 22.2 Å². The van der Waals surface area contributed by atoms with Gasteiger partial charge in [0, 0.05) is 16.6 Å². The van der Waals surface area contributed by atoms with E-state index in [2.05, 4.69) is 30.1 Å². The second kappa shape index (κ2) is 4.72. The van der Waals surface area contributed by atoms with Gasteiger partial charge in [-0.2, -0.15) is 0 Å². The van der Waals surface area contributed by atoms with Gasteiger partial charge >= 0.3 is 5.97 Å². The second-order valence-electron chi connectivity index (χ2n) is 5.25. The first-order chi connectivity index (χ1) is 9.22. The molecule has 1 aliphatic carbocycles. The molecule has 2 atom stereocenters. The molecule has 1 heterocycles. The summed E-state index contributed by atoms with van der Waals surface area (Å²) in [4.78, 5) is 15.5. The third-order valence-corrected chi connectivity index (χ3v) is 4.18. The standard InChI is InChI=1S/C16H19NO2/c1-3-19-16(18)11-8-9-14-15(10(11)2)12-6-4-5-7-13(12)17-14/h4-7,10-11,17H,3,8-9H2,1-2H3/t10-,11-/m1/s1. The van der Waals surface area contributed by atoms with Gasteiger partial charge in [0.05, 0.1) is 12.5 Å². The maximum Gasteiger partial charge on any atom is 0.309 e. The molecule has 0 radical (unpaired) electrons. The summed E-state index contributed by atoms with van der Waals surface area (Å²) in [6.45, 7) is 4.46. The van der Waals surface area contributed by atoms with Crippen LogP contribution in [0.2, 0.25) is 0 Å². The maximum atomic E-state index is 12.0. The average Bonchev–Trinajstić information content (AvgIpc) is 2.78. The zero-order valence-corrected chi connectivity index (χ0v) is 11.4. The largest absolute Gasteiger partial charge is 0.466 e. The van der Waals surface area contributed by atoms with Gasteiger partial charge in [-0.15, -0.1) is 0 Å². The fourth-order valence-corrected chi connectivity index (χ4v) is 3.26. The van der Waals surface area contributed by atoms with Crippen LogP contribution in [0.15, 0.2) is 24.3 Å². The lowest BCUT2D eigenvalue weighted by Crippen LogP contribution is -2.27. The molecule has 1 aromatic carbocycles. The van der Waals surface area contributed by atoms with Gasteiger partial charge in [-0.1, -0.05) is 25.1 Å². The zero-order valence-electron chi connectivity index (χ0n) is 11.4. The molecule has 0 spiro atoms. The first-order valence-electron chi connectivity index (χ1n) is 6.98. The van der Waals surface area contributed by atoms with Crippen LogP contribution in [0.3, 0.4) is 0 Å². The predicted molar refractivity (Wildman–Crippen MR) is 75.2 cm³/mol. The van der Waals surface area contributed by atoms with E-state index in [4.69, 9.17) is 4.74 Å². The molecule has 0 amide bonds. The van der Waals surface area contributed by atoms with Crippen molar-refractivity contribution in [3.63, 3.8) is 0 Å². The summed E-state index contributed by atoms with van der Waals surface area (Å²) in [6.07, 6.45) is 1.80. The van der Waals surface area contributed by atoms with Gasteiger partial charge < -0.3 is 9.72 Å². The minimum absolute atomic E-state index is 0.00773. The van der Waals surface area contributed by atoms with Gasteiger partial charge in [-0.05, 0) is 37.3 Å². The van der Waals surface area contributed by atoms with E-state index in [-0.39, 0.29) is 17.8 Å². The number of aryl methyl sites for hydroxylation is 1. The van der Waals surface area contributed by atoms with Gasteiger partial charge in [-0.25, -0.2) is 0 Å². The Balaban J connectivity index is 2.02. The van der Waals surface area contributed by atoms with Gasteiger partial charge in [-0.3, -0.25) is 4.79 Å². The average molecular weight is 257 g/mol. The van der Waals surface area contributed by atoms with Crippen LogP contribution in [-0.2, 0) is 16.0 Å². The van der Waals surface area contributed by atoms with Crippen molar-refractivity contribution >= 4 is 16.9 Å². The Bertz CT molecular complexity index is 614. The number of benzene rings is 1. The molecule has 100 valence electrons. The highest BCUT2D eigenvalue weighted by Crippen LogP contribution is 2.40. The highest BCUT2D eigenvalue weighted by atomic mass is 16.5. The van der Waals surface area contributed by atoms with E-state index < -0.39 is 0 Å². The highest BCUT2D eigenvalue weighted by Gasteiger charge is 2.34. The van der Waals surface area contributed by atoms with Crippen LogP contribution in [0, 0.1) is 5.92 Å². The monoisotopic (exact) mass is 257 g/mol. The van der Waals surface area contributed by atoms with Gasteiger partial charge in [0.15, 0.2) is 0 Å². The lowest BCUT2D eigenvalue weighted by atomic mass is 9.78. The van der Waals surface area contributed by atoms with E-state index in [0.29, 0.717) is 6.61 Å². The van der Waals surface area contributed by atoms with Crippen LogP contribution in [0.4, 0.5) is 0 Å². The molecular formula is C16H19NO2. The number of carbonyl (C=O) groups is 1. The van der Waals surface area contributed by atoms with Crippen molar-refractivity contribution in [1.29, 1.82) is 0 Å². The van der Waals surface area contributed by atoms with Crippen molar-refractivity contribution in [1.82, 2.24) is 4.98 Å². The van der Waals surface area contributed by atoms with E-state index in [1.54, 1.807) is 0 Å². The Kier molecular flexibility index (Phi) is 3.05. The third kappa shape index (κ3) is 1.93. The van der Waals surface area contributed by atoms with E-state index in [9.17, 15) is 4.79 Å². The lowest BCUT2D eigenvalue weighted by molar-refractivity contribution is -0.149. The molecule has 19 heavy (non-hydrogen) atoms. The van der Waals surface area contributed by atoms with E-state index in [1.807, 2.05) is 13.0 Å². The van der Waals surface area contributed by atoms with Crippen molar-refractivity contribution in [2.24, 2.45) is 5.92 Å². The Morgan fingerprint density at radius 1 is 1.42 bits per heavy atom. The molecule has 0 saturated heterocycles. The summed E-state index contributed by atoms with van der Waals surface area (Å²) in [5.74, 6) is 0.163. The number of fused-ring (bicyclic) bond motifs is 3. The van der Waals surface area contributed by atoms with Crippen LogP contribution < -0.4 is 0 Å². The summed E-state index contributed by atoms with van der Waals surface area (Å²) in [7, 11) is 0. The SMILES string of the molecule is CCOC(=O)[C@@H]1CCc2[nH]c3ccccc3c2[C@@H]1C. The minimum Gasteiger partial charge on any atom is -0.466 e. The molecule has 1 aliphatic rings. The van der Waals surface area contributed by atoms with Crippen LogP contribution in [0.1, 0.15) is 37.4 Å². The molecule has 3 nitrogen and oxygen atoms in total. The van der Waals surface area contributed by atoms with Crippen molar-refractivity contribution in [2.45, 2.75) is 32.6 Å². The first kappa shape index (κ1) is 12.3. The van der Waals surface area contributed by atoms with Gasteiger partial charge in [0.2, 0.25) is 0 Å². The van der Waals surface area contributed by atoms with E-state index >= 15 is 0 Å². The molecule has 2 aromatic rings. The van der Waals surface area contributed by atoms with Crippen LogP contribution in [-0.4, -0.2) is 17.6 Å². The topological polar surface area (TPSA) is 42.1 Å². The third-order valence-electron chi connectivity index (χ3n) is 4.18. The molecular weight excluding hydrogens is 238 g/mol. The summed E-state index contributed by atoms with van der Waals surface area (Å²) in [5, 5.41) is 1.25. The number of aromatic amines is 1. The summed E-state index contributed by atoms with van der Waals surface area (Å²) in [5.41, 5.74) is 3.76. The fourth-order valence-electron chi connectivity index (χ4n) is 3.26. The highest BCUT2D eigenvalue weighted by molar-refractivity contribution is 5.87. The number of carbonyl (C=O) groups excluding carboxylic acids is 1. The minimum atomic E-state index is -0.0501. The molecule has 1 N–H and O–H groups in total. The van der Waals surface area contributed by atoms with Crippen molar-refractivity contribution in [3.05, 3.63) is 35.5 Å². The number of H-pyrrole nitrogens is 1.